The van der Waals surface area contributed by atoms with Crippen LogP contribution in [-0.4, -0.2) is 24.1 Å². The van der Waals surface area contributed by atoms with Gasteiger partial charge in [-0.15, -0.1) is 0 Å². The van der Waals surface area contributed by atoms with Crippen molar-refractivity contribution in [3.63, 3.8) is 0 Å². The molecule has 0 aliphatic carbocycles. The molecule has 2 N–H and O–H groups in total. The molecule has 0 aliphatic rings. The van der Waals surface area contributed by atoms with Gasteiger partial charge in [0.2, 0.25) is 5.95 Å². The van der Waals surface area contributed by atoms with Crippen LogP contribution in [0.2, 0.25) is 0 Å². The zero-order valence-corrected chi connectivity index (χ0v) is 14.8. The largest absolute Gasteiger partial charge is 0.378 e. The first kappa shape index (κ1) is 16.8. The van der Waals surface area contributed by atoms with Crippen molar-refractivity contribution in [3.8, 4) is 0 Å². The zero-order chi connectivity index (χ0) is 17.6. The van der Waals surface area contributed by atoms with Crippen molar-refractivity contribution in [1.29, 1.82) is 0 Å². The minimum atomic E-state index is 0.575. The molecule has 0 saturated carbocycles. The number of anilines is 4. The maximum atomic E-state index is 4.51. The van der Waals surface area contributed by atoms with Gasteiger partial charge in [0.05, 0.1) is 0 Å². The second-order valence-electron chi connectivity index (χ2n) is 6.17. The summed E-state index contributed by atoms with van der Waals surface area (Å²) in [4.78, 5) is 10.9. The molecule has 0 spiro atoms. The van der Waals surface area contributed by atoms with Crippen LogP contribution in [0.1, 0.15) is 11.1 Å². The molecule has 0 fully saturated rings. The van der Waals surface area contributed by atoms with E-state index in [0.717, 1.165) is 23.7 Å². The normalized spacial score (nSPS) is 10.4. The van der Waals surface area contributed by atoms with E-state index in [4.69, 9.17) is 0 Å². The molecule has 3 aromatic rings. The summed E-state index contributed by atoms with van der Waals surface area (Å²) in [5.74, 6) is 1.37. The van der Waals surface area contributed by atoms with E-state index in [2.05, 4.69) is 68.8 Å². The highest BCUT2D eigenvalue weighted by molar-refractivity contribution is 5.59. The van der Waals surface area contributed by atoms with Crippen LogP contribution < -0.4 is 15.5 Å². The number of aromatic nitrogens is 2. The third-order valence-corrected chi connectivity index (χ3v) is 3.89. The highest BCUT2D eigenvalue weighted by Gasteiger charge is 2.02. The Bertz CT molecular complexity index is 810. The molecule has 25 heavy (non-hydrogen) atoms. The lowest BCUT2D eigenvalue weighted by atomic mass is 10.1. The molecule has 1 aromatic heterocycles. The lowest BCUT2D eigenvalue weighted by Gasteiger charge is -2.13. The minimum absolute atomic E-state index is 0.575. The van der Waals surface area contributed by atoms with Gasteiger partial charge in [-0.05, 0) is 42.8 Å². The average Bonchev–Trinajstić information content (AvgIpc) is 2.62. The quantitative estimate of drug-likeness (QED) is 0.708. The van der Waals surface area contributed by atoms with Gasteiger partial charge in [0, 0.05) is 38.2 Å². The summed E-state index contributed by atoms with van der Waals surface area (Å²) in [6.45, 7) is 2.82. The average molecular weight is 333 g/mol. The van der Waals surface area contributed by atoms with Gasteiger partial charge in [-0.1, -0.05) is 29.8 Å². The molecule has 5 heteroatoms. The van der Waals surface area contributed by atoms with Gasteiger partial charge in [-0.2, -0.15) is 4.98 Å². The fraction of sp³-hybridized carbons (Fsp3) is 0.200. The van der Waals surface area contributed by atoms with Crippen LogP contribution in [-0.2, 0) is 6.54 Å². The predicted octanol–water partition coefficient (Wildman–Crippen LogP) is 4.21. The van der Waals surface area contributed by atoms with E-state index < -0.39 is 0 Å². The van der Waals surface area contributed by atoms with Crippen LogP contribution in [0.4, 0.5) is 23.1 Å². The van der Waals surface area contributed by atoms with Gasteiger partial charge < -0.3 is 15.5 Å². The third kappa shape index (κ3) is 4.70. The second kappa shape index (κ2) is 7.66. The van der Waals surface area contributed by atoms with Crippen LogP contribution >= 0.6 is 0 Å². The standard InChI is InChI=1S/C20H23N5/c1-15-4-6-16(7-5-15)14-22-19-12-13-21-20(24-19)23-17-8-10-18(11-9-17)25(2)3/h4-13H,14H2,1-3H3,(H2,21,22,23,24). The number of nitrogens with zero attached hydrogens (tertiary/aromatic N) is 3. The summed E-state index contributed by atoms with van der Waals surface area (Å²) in [5, 5.41) is 6.57. The van der Waals surface area contributed by atoms with E-state index in [1.54, 1.807) is 6.20 Å². The van der Waals surface area contributed by atoms with Gasteiger partial charge in [-0.25, -0.2) is 4.98 Å². The molecule has 0 aliphatic heterocycles. The summed E-state index contributed by atoms with van der Waals surface area (Å²) < 4.78 is 0. The number of hydrogen-bond donors (Lipinski definition) is 2. The molecule has 0 atom stereocenters. The molecule has 1 heterocycles. The van der Waals surface area contributed by atoms with E-state index in [0.29, 0.717) is 5.95 Å². The Labute approximate surface area is 148 Å². The van der Waals surface area contributed by atoms with Crippen LogP contribution in [0, 0.1) is 6.92 Å². The zero-order valence-electron chi connectivity index (χ0n) is 14.8. The summed E-state index contributed by atoms with van der Waals surface area (Å²) in [6, 6.07) is 18.5. The smallest absolute Gasteiger partial charge is 0.229 e. The van der Waals surface area contributed by atoms with E-state index in [9.17, 15) is 0 Å². The fourth-order valence-electron chi connectivity index (χ4n) is 2.39. The maximum absolute atomic E-state index is 4.51. The van der Waals surface area contributed by atoms with Crippen LogP contribution in [0.15, 0.2) is 60.8 Å². The SMILES string of the molecule is Cc1ccc(CNc2ccnc(Nc3ccc(N(C)C)cc3)n2)cc1. The summed E-state index contributed by atoms with van der Waals surface area (Å²) in [5.41, 5.74) is 4.59. The number of aryl methyl sites for hydroxylation is 1. The molecule has 0 bridgehead atoms. The lowest BCUT2D eigenvalue weighted by molar-refractivity contribution is 1.08. The Kier molecular flexibility index (Phi) is 5.14. The molecular weight excluding hydrogens is 310 g/mol. The molecule has 0 amide bonds. The van der Waals surface area contributed by atoms with Gasteiger partial charge in [0.1, 0.15) is 5.82 Å². The van der Waals surface area contributed by atoms with Crippen LogP contribution in [0.25, 0.3) is 0 Å². The van der Waals surface area contributed by atoms with Gasteiger partial charge in [0.25, 0.3) is 0 Å². The molecule has 2 aromatic carbocycles. The van der Waals surface area contributed by atoms with E-state index in [1.807, 2.05) is 32.3 Å². The summed E-state index contributed by atoms with van der Waals surface area (Å²) in [7, 11) is 4.05. The van der Waals surface area contributed by atoms with Crippen molar-refractivity contribution in [1.82, 2.24) is 9.97 Å². The van der Waals surface area contributed by atoms with E-state index in [1.165, 1.54) is 11.1 Å². The molecule has 3 rings (SSSR count). The number of nitrogens with one attached hydrogen (secondary N) is 2. The van der Waals surface area contributed by atoms with Crippen molar-refractivity contribution >= 4 is 23.1 Å². The van der Waals surface area contributed by atoms with Crippen molar-refractivity contribution in [3.05, 3.63) is 71.9 Å². The Morgan fingerprint density at radius 3 is 2.32 bits per heavy atom. The van der Waals surface area contributed by atoms with Crippen molar-refractivity contribution in [2.75, 3.05) is 29.6 Å². The third-order valence-electron chi connectivity index (χ3n) is 3.89. The highest BCUT2D eigenvalue weighted by Crippen LogP contribution is 2.19. The first-order chi connectivity index (χ1) is 12.1. The lowest BCUT2D eigenvalue weighted by Crippen LogP contribution is -2.08. The summed E-state index contributed by atoms with van der Waals surface area (Å²) >= 11 is 0. The molecule has 0 radical (unpaired) electrons. The van der Waals surface area contributed by atoms with E-state index >= 15 is 0 Å². The Balaban J connectivity index is 1.63. The van der Waals surface area contributed by atoms with E-state index in [-0.39, 0.29) is 0 Å². The topological polar surface area (TPSA) is 53.1 Å². The Hall–Kier alpha value is -3.08. The second-order valence-corrected chi connectivity index (χ2v) is 6.17. The molecule has 128 valence electrons. The molecule has 0 saturated heterocycles. The van der Waals surface area contributed by atoms with Gasteiger partial charge in [0.15, 0.2) is 0 Å². The predicted molar refractivity (Wildman–Crippen MR) is 105 cm³/mol. The molecular formula is C20H23N5. The fourth-order valence-corrected chi connectivity index (χ4v) is 2.39. The van der Waals surface area contributed by atoms with Crippen molar-refractivity contribution in [2.45, 2.75) is 13.5 Å². The van der Waals surface area contributed by atoms with Crippen LogP contribution in [0.3, 0.4) is 0 Å². The first-order valence-electron chi connectivity index (χ1n) is 8.27. The Morgan fingerprint density at radius 1 is 0.920 bits per heavy atom. The first-order valence-corrected chi connectivity index (χ1v) is 8.27. The van der Waals surface area contributed by atoms with Gasteiger partial charge >= 0.3 is 0 Å². The van der Waals surface area contributed by atoms with Crippen molar-refractivity contribution in [2.24, 2.45) is 0 Å². The van der Waals surface area contributed by atoms with Gasteiger partial charge in [-0.3, -0.25) is 0 Å². The van der Waals surface area contributed by atoms with Crippen molar-refractivity contribution < 1.29 is 0 Å². The summed E-state index contributed by atoms with van der Waals surface area (Å²) in [6.07, 6.45) is 1.75. The molecule has 5 nitrogen and oxygen atoms in total. The number of rotatable bonds is 6. The maximum Gasteiger partial charge on any atom is 0.229 e. The molecule has 0 unspecified atom stereocenters. The number of hydrogen-bond acceptors (Lipinski definition) is 5. The number of benzene rings is 2. The highest BCUT2D eigenvalue weighted by atomic mass is 15.1. The Morgan fingerprint density at radius 2 is 1.64 bits per heavy atom. The monoisotopic (exact) mass is 333 g/mol. The van der Waals surface area contributed by atoms with Crippen LogP contribution in [0.5, 0.6) is 0 Å². The minimum Gasteiger partial charge on any atom is -0.378 e.